The van der Waals surface area contributed by atoms with Crippen LogP contribution in [-0.2, 0) is 18.8 Å². The fourth-order valence-corrected chi connectivity index (χ4v) is 1.19. The number of rotatable bonds is 0. The molecule has 4 heteroatoms. The fourth-order valence-electron chi connectivity index (χ4n) is 1.19. The van der Waals surface area contributed by atoms with Crippen LogP contribution in [0.2, 0.25) is 0 Å². The van der Waals surface area contributed by atoms with Crippen molar-refractivity contribution in [1.29, 1.82) is 0 Å². The Balaban J connectivity index is 0.000000371. The summed E-state index contributed by atoms with van der Waals surface area (Å²) in [6.45, 7) is 0. The zero-order valence-corrected chi connectivity index (χ0v) is 8.86. The van der Waals surface area contributed by atoms with E-state index in [-0.39, 0.29) is 12.1 Å². The molecule has 1 aliphatic carbocycles. The summed E-state index contributed by atoms with van der Waals surface area (Å²) >= 11 is 1.61. The van der Waals surface area contributed by atoms with E-state index >= 15 is 0 Å². The fraction of sp³-hybridized carbons (Fsp3) is 1.00. The van der Waals surface area contributed by atoms with Gasteiger partial charge in [0.15, 0.2) is 0 Å². The minimum absolute atomic E-state index is 0.281. The van der Waals surface area contributed by atoms with Gasteiger partial charge in [0.1, 0.15) is 0 Å². The average molecular weight is 345 g/mol. The summed E-state index contributed by atoms with van der Waals surface area (Å²) in [5.41, 5.74) is 11.3. The van der Waals surface area contributed by atoms with Gasteiger partial charge in [0.25, 0.3) is 0 Å². The van der Waals surface area contributed by atoms with Gasteiger partial charge in [0.2, 0.25) is 0 Å². The molecule has 0 heterocycles. The van der Waals surface area contributed by atoms with Gasteiger partial charge < -0.3 is 11.5 Å². The molecule has 2 nitrogen and oxygen atoms in total. The molecule has 10 heavy (non-hydrogen) atoms. The monoisotopic (exact) mass is 344 g/mol. The molecule has 0 radical (unpaired) electrons. The van der Waals surface area contributed by atoms with E-state index in [2.05, 4.69) is 9.42 Å². The molecule has 0 aromatic heterocycles. The molecule has 65 valence electrons. The van der Waals surface area contributed by atoms with Crippen molar-refractivity contribution in [3.05, 3.63) is 0 Å². The summed E-state index contributed by atoms with van der Waals surface area (Å²) in [6.07, 6.45) is 4.80. The number of hydrogen-bond acceptors (Lipinski definition) is 2. The van der Waals surface area contributed by atoms with Crippen LogP contribution < -0.4 is 11.5 Å². The minimum atomic E-state index is 0.281. The predicted molar refractivity (Wildman–Crippen MR) is 40.3 cm³/mol. The molecule has 1 saturated carbocycles. The van der Waals surface area contributed by atoms with E-state index in [9.17, 15) is 0 Å². The Labute approximate surface area is 77.5 Å². The average Bonchev–Trinajstić information content (AvgIpc) is 2.00. The number of nitrogens with two attached hydrogens (primary N) is 2. The third kappa shape index (κ3) is 3.92. The summed E-state index contributed by atoms with van der Waals surface area (Å²) in [6, 6.07) is 0.562. The van der Waals surface area contributed by atoms with Crippen molar-refractivity contribution >= 4 is 9.42 Å². The van der Waals surface area contributed by atoms with Crippen LogP contribution in [0.4, 0.5) is 0 Å². The second-order valence-electron chi connectivity index (χ2n) is 2.61. The number of halogens is 1. The van der Waals surface area contributed by atoms with Gasteiger partial charge in [0, 0.05) is 12.1 Å². The summed E-state index contributed by atoms with van der Waals surface area (Å²) < 4.78 is 0. The third-order valence-corrected chi connectivity index (χ3v) is 1.87. The maximum atomic E-state index is 5.65. The molecular weight excluding hydrogens is 331 g/mol. The Morgan fingerprint density at radius 2 is 1.30 bits per heavy atom. The predicted octanol–water partition coefficient (Wildman–Crippen LogP) is 0.902. The van der Waals surface area contributed by atoms with Crippen molar-refractivity contribution in [3.63, 3.8) is 0 Å². The molecule has 1 aliphatic rings. The Morgan fingerprint density at radius 3 is 1.50 bits per heavy atom. The molecule has 0 bridgehead atoms. The summed E-state index contributed by atoms with van der Waals surface area (Å²) in [4.78, 5) is 0. The maximum absolute atomic E-state index is 5.65. The summed E-state index contributed by atoms with van der Waals surface area (Å²) in [5, 5.41) is 0. The molecule has 1 fully saturated rings. The van der Waals surface area contributed by atoms with Gasteiger partial charge in [-0.25, -0.2) is 0 Å². The van der Waals surface area contributed by atoms with Gasteiger partial charge in [-0.05, 0) is 12.8 Å². The van der Waals surface area contributed by atoms with Crippen molar-refractivity contribution in [3.8, 4) is 0 Å². The second kappa shape index (κ2) is 6.60. The Morgan fingerprint density at radius 1 is 1.00 bits per heavy atom. The topological polar surface area (TPSA) is 52.0 Å². The van der Waals surface area contributed by atoms with Gasteiger partial charge in [-0.2, -0.15) is 0 Å². The first kappa shape index (κ1) is 10.9. The zero-order chi connectivity index (χ0) is 7.98. The molecule has 1 rings (SSSR count). The van der Waals surface area contributed by atoms with E-state index in [1.807, 2.05) is 0 Å². The Kier molecular flexibility index (Phi) is 7.19. The first-order valence-corrected chi connectivity index (χ1v) is 6.25. The van der Waals surface area contributed by atoms with Gasteiger partial charge in [-0.15, -0.1) is 0 Å². The molecule has 2 unspecified atom stereocenters. The first-order chi connectivity index (χ1) is 4.80. The SMILES string of the molecule is NC1CCCCC1N.[Cl][Pt]. The van der Waals surface area contributed by atoms with Crippen LogP contribution in [0.15, 0.2) is 0 Å². The normalized spacial score (nSPS) is 32.5. The van der Waals surface area contributed by atoms with E-state index < -0.39 is 0 Å². The third-order valence-electron chi connectivity index (χ3n) is 1.87. The molecule has 4 N–H and O–H groups in total. The number of hydrogen-bond donors (Lipinski definition) is 2. The zero-order valence-electron chi connectivity index (χ0n) is 5.83. The molecule has 0 aliphatic heterocycles. The van der Waals surface area contributed by atoms with Gasteiger partial charge in [-0.1, -0.05) is 12.8 Å². The molecule has 0 saturated heterocycles. The van der Waals surface area contributed by atoms with Crippen molar-refractivity contribution in [1.82, 2.24) is 0 Å². The second-order valence-corrected chi connectivity index (χ2v) is 2.61. The van der Waals surface area contributed by atoms with Crippen LogP contribution >= 0.6 is 9.42 Å². The van der Waals surface area contributed by atoms with Crippen LogP contribution in [0.1, 0.15) is 25.7 Å². The van der Waals surface area contributed by atoms with Crippen LogP contribution in [0.5, 0.6) is 0 Å². The summed E-state index contributed by atoms with van der Waals surface area (Å²) in [5.74, 6) is 0. The summed E-state index contributed by atoms with van der Waals surface area (Å²) in [7, 11) is 4.61. The molecule has 0 amide bonds. The van der Waals surface area contributed by atoms with Crippen LogP contribution in [0.25, 0.3) is 0 Å². The quantitative estimate of drug-likeness (QED) is 0.686. The van der Waals surface area contributed by atoms with Crippen molar-refractivity contribution < 1.29 is 18.8 Å². The van der Waals surface area contributed by atoms with E-state index in [1.54, 1.807) is 18.8 Å². The van der Waals surface area contributed by atoms with Crippen molar-refractivity contribution in [2.75, 3.05) is 0 Å². The Hall–Kier alpha value is 0.898. The van der Waals surface area contributed by atoms with Crippen LogP contribution in [0.3, 0.4) is 0 Å². The van der Waals surface area contributed by atoms with Gasteiger partial charge in [-0.3, -0.25) is 0 Å². The Bertz CT molecular complexity index is 72.1. The molecule has 2 atom stereocenters. The van der Waals surface area contributed by atoms with Crippen LogP contribution in [0, 0.1) is 0 Å². The molecule has 0 spiro atoms. The van der Waals surface area contributed by atoms with E-state index in [4.69, 9.17) is 11.5 Å². The van der Waals surface area contributed by atoms with Crippen molar-refractivity contribution in [2.24, 2.45) is 11.5 Å². The van der Waals surface area contributed by atoms with Crippen molar-refractivity contribution in [2.45, 2.75) is 37.8 Å². The molecule has 0 aromatic rings. The first-order valence-electron chi connectivity index (χ1n) is 3.44. The van der Waals surface area contributed by atoms with E-state index in [0.29, 0.717) is 0 Å². The van der Waals surface area contributed by atoms with Gasteiger partial charge >= 0.3 is 28.2 Å². The van der Waals surface area contributed by atoms with E-state index in [1.165, 1.54) is 12.8 Å². The molecular formula is C6H14ClN2Pt. The van der Waals surface area contributed by atoms with Gasteiger partial charge in [0.05, 0.1) is 0 Å². The standard InChI is InChI=1S/C6H14N2.ClH.Pt/c7-5-3-1-2-4-6(5)8;;/h5-6H,1-4,7-8H2;1H;/q;;+1/p-1. The van der Waals surface area contributed by atoms with E-state index in [0.717, 1.165) is 12.8 Å². The molecule has 0 aromatic carbocycles. The van der Waals surface area contributed by atoms with Crippen LogP contribution in [-0.4, -0.2) is 12.1 Å².